The second-order valence-corrected chi connectivity index (χ2v) is 6.91. The number of nitrogens with two attached hydrogens (primary N) is 1. The molecule has 0 atom stereocenters. The summed E-state index contributed by atoms with van der Waals surface area (Å²) in [4.78, 5) is 12.2. The molecule has 0 bridgehead atoms. The lowest BCUT2D eigenvalue weighted by molar-refractivity contribution is -0.120. The maximum atomic E-state index is 12.2. The summed E-state index contributed by atoms with van der Waals surface area (Å²) in [5, 5.41) is 10.4. The molecule has 0 radical (unpaired) electrons. The lowest BCUT2D eigenvalue weighted by atomic mass is 10.1. The van der Waals surface area contributed by atoms with Crippen LogP contribution in [0.15, 0.2) is 54.6 Å². The van der Waals surface area contributed by atoms with Crippen molar-refractivity contribution in [1.82, 2.24) is 5.32 Å². The van der Waals surface area contributed by atoms with E-state index in [-0.39, 0.29) is 28.1 Å². The minimum absolute atomic E-state index is 0. The SMILES string of the molecule is Br.N=C(N)SCc1ccccc1CC(=O)NCCCCc1ccccc1. The van der Waals surface area contributed by atoms with Gasteiger partial charge in [-0.3, -0.25) is 10.2 Å². The van der Waals surface area contributed by atoms with E-state index in [2.05, 4.69) is 29.6 Å². The highest BCUT2D eigenvalue weighted by Gasteiger charge is 2.08. The van der Waals surface area contributed by atoms with E-state index in [4.69, 9.17) is 11.1 Å². The minimum atomic E-state index is 0. The number of carbonyl (C=O) groups excluding carboxylic acids is 1. The van der Waals surface area contributed by atoms with Crippen LogP contribution in [0.25, 0.3) is 0 Å². The van der Waals surface area contributed by atoms with Crippen LogP contribution >= 0.6 is 28.7 Å². The molecule has 0 saturated carbocycles. The number of unbranched alkanes of at least 4 members (excludes halogenated alkanes) is 1. The van der Waals surface area contributed by atoms with Crippen LogP contribution in [-0.4, -0.2) is 17.6 Å². The Bertz CT molecular complexity index is 694. The van der Waals surface area contributed by atoms with E-state index in [0.29, 0.717) is 18.7 Å². The summed E-state index contributed by atoms with van der Waals surface area (Å²) in [5.41, 5.74) is 8.79. The van der Waals surface area contributed by atoms with Gasteiger partial charge in [0.05, 0.1) is 6.42 Å². The number of rotatable bonds is 9. The van der Waals surface area contributed by atoms with Crippen molar-refractivity contribution >= 4 is 39.8 Å². The Morgan fingerprint density at radius 2 is 1.65 bits per heavy atom. The zero-order valence-electron chi connectivity index (χ0n) is 14.7. The van der Waals surface area contributed by atoms with E-state index in [0.717, 1.165) is 30.4 Å². The van der Waals surface area contributed by atoms with Crippen LogP contribution in [0.5, 0.6) is 0 Å². The predicted molar refractivity (Wildman–Crippen MR) is 116 cm³/mol. The van der Waals surface area contributed by atoms with Crippen molar-refractivity contribution in [3.63, 3.8) is 0 Å². The second-order valence-electron chi connectivity index (χ2n) is 5.89. The first-order valence-electron chi connectivity index (χ1n) is 8.49. The monoisotopic (exact) mass is 435 g/mol. The molecule has 6 heteroatoms. The summed E-state index contributed by atoms with van der Waals surface area (Å²) in [6, 6.07) is 18.2. The number of carbonyl (C=O) groups is 1. The average Bonchev–Trinajstić information content (AvgIpc) is 2.61. The molecule has 2 rings (SSSR count). The molecule has 4 nitrogen and oxygen atoms in total. The maximum absolute atomic E-state index is 12.2. The molecule has 0 spiro atoms. The quantitative estimate of drug-likeness (QED) is 0.315. The first kappa shape index (κ1) is 22.3. The third kappa shape index (κ3) is 8.54. The van der Waals surface area contributed by atoms with Crippen molar-refractivity contribution in [1.29, 1.82) is 5.41 Å². The molecule has 0 heterocycles. The minimum Gasteiger partial charge on any atom is -0.379 e. The Kier molecular flexibility index (Phi) is 10.7. The average molecular weight is 436 g/mol. The highest BCUT2D eigenvalue weighted by Crippen LogP contribution is 2.16. The summed E-state index contributed by atoms with van der Waals surface area (Å²) < 4.78 is 0. The van der Waals surface area contributed by atoms with Gasteiger partial charge >= 0.3 is 0 Å². The van der Waals surface area contributed by atoms with Crippen molar-refractivity contribution in [3.8, 4) is 0 Å². The number of amides is 1. The van der Waals surface area contributed by atoms with Crippen LogP contribution in [0.2, 0.25) is 0 Å². The number of amidine groups is 1. The van der Waals surface area contributed by atoms with E-state index in [1.165, 1.54) is 17.3 Å². The molecule has 0 fully saturated rings. The standard InChI is InChI=1S/C20H25N3OS.BrH/c21-20(22)25-15-18-12-5-4-11-17(18)14-19(24)23-13-7-6-10-16-8-2-1-3-9-16;/h1-5,8-9,11-12H,6-7,10,13-15H2,(H3,21,22)(H,23,24);1H. The zero-order chi connectivity index (χ0) is 17.9. The number of nitrogens with one attached hydrogen (secondary N) is 2. The molecular formula is C20H26BrN3OS. The van der Waals surface area contributed by atoms with Gasteiger partial charge in [0.15, 0.2) is 5.17 Å². The van der Waals surface area contributed by atoms with E-state index in [9.17, 15) is 4.79 Å². The summed E-state index contributed by atoms with van der Waals surface area (Å²) in [5.74, 6) is 0.663. The normalized spacial score (nSPS) is 10.0. The largest absolute Gasteiger partial charge is 0.379 e. The molecule has 1 amide bonds. The van der Waals surface area contributed by atoms with Crippen molar-refractivity contribution < 1.29 is 4.79 Å². The summed E-state index contributed by atoms with van der Waals surface area (Å²) in [6.45, 7) is 0.704. The van der Waals surface area contributed by atoms with Gasteiger partial charge in [0.2, 0.25) is 5.91 Å². The molecule has 2 aromatic carbocycles. The molecular weight excluding hydrogens is 410 g/mol. The van der Waals surface area contributed by atoms with E-state index < -0.39 is 0 Å². The van der Waals surface area contributed by atoms with Crippen LogP contribution in [0.1, 0.15) is 29.5 Å². The fourth-order valence-corrected chi connectivity index (χ4v) is 3.18. The van der Waals surface area contributed by atoms with Gasteiger partial charge in [-0.15, -0.1) is 17.0 Å². The molecule has 4 N–H and O–H groups in total. The van der Waals surface area contributed by atoms with Gasteiger partial charge in [0.25, 0.3) is 0 Å². The van der Waals surface area contributed by atoms with Gasteiger partial charge in [0.1, 0.15) is 0 Å². The van der Waals surface area contributed by atoms with Gasteiger partial charge in [0, 0.05) is 12.3 Å². The van der Waals surface area contributed by atoms with Crippen molar-refractivity contribution in [2.45, 2.75) is 31.4 Å². The number of hydrogen-bond acceptors (Lipinski definition) is 3. The maximum Gasteiger partial charge on any atom is 0.224 e. The molecule has 0 saturated heterocycles. The first-order chi connectivity index (χ1) is 12.1. The Morgan fingerprint density at radius 3 is 2.35 bits per heavy atom. The third-order valence-corrected chi connectivity index (χ3v) is 4.68. The van der Waals surface area contributed by atoms with Gasteiger partial charge in [-0.05, 0) is 36.0 Å². The smallest absolute Gasteiger partial charge is 0.224 e. The van der Waals surface area contributed by atoms with Crippen LogP contribution in [0, 0.1) is 5.41 Å². The van der Waals surface area contributed by atoms with Gasteiger partial charge in [-0.2, -0.15) is 0 Å². The Hall–Kier alpha value is -1.79. The molecule has 0 aromatic heterocycles. The van der Waals surface area contributed by atoms with Crippen molar-refractivity contribution in [3.05, 3.63) is 71.3 Å². The number of hydrogen-bond donors (Lipinski definition) is 3. The molecule has 2 aromatic rings. The second kappa shape index (κ2) is 12.5. The number of aryl methyl sites for hydroxylation is 1. The van der Waals surface area contributed by atoms with Crippen molar-refractivity contribution in [2.24, 2.45) is 5.73 Å². The number of halogens is 1. The molecule has 0 unspecified atom stereocenters. The Labute approximate surface area is 170 Å². The molecule has 0 aliphatic heterocycles. The van der Waals surface area contributed by atoms with Gasteiger partial charge < -0.3 is 11.1 Å². The van der Waals surface area contributed by atoms with Crippen LogP contribution in [0.3, 0.4) is 0 Å². The van der Waals surface area contributed by atoms with Crippen molar-refractivity contribution in [2.75, 3.05) is 6.54 Å². The van der Waals surface area contributed by atoms with Gasteiger partial charge in [-0.25, -0.2) is 0 Å². The van der Waals surface area contributed by atoms with Crippen LogP contribution in [0.4, 0.5) is 0 Å². The van der Waals surface area contributed by atoms with Crippen LogP contribution < -0.4 is 11.1 Å². The number of benzene rings is 2. The fourth-order valence-electron chi connectivity index (χ4n) is 2.59. The lowest BCUT2D eigenvalue weighted by Gasteiger charge is -2.10. The zero-order valence-corrected chi connectivity index (χ0v) is 17.3. The summed E-state index contributed by atoms with van der Waals surface area (Å²) in [6.07, 6.45) is 3.45. The predicted octanol–water partition coefficient (Wildman–Crippen LogP) is 4.07. The molecule has 0 aliphatic rings. The summed E-state index contributed by atoms with van der Waals surface area (Å²) >= 11 is 1.28. The summed E-state index contributed by atoms with van der Waals surface area (Å²) in [7, 11) is 0. The van der Waals surface area contributed by atoms with E-state index >= 15 is 0 Å². The Morgan fingerprint density at radius 1 is 1.00 bits per heavy atom. The fraction of sp³-hybridized carbons (Fsp3) is 0.300. The third-order valence-electron chi connectivity index (χ3n) is 3.91. The molecule has 26 heavy (non-hydrogen) atoms. The highest BCUT2D eigenvalue weighted by molar-refractivity contribution is 8.93. The molecule has 140 valence electrons. The lowest BCUT2D eigenvalue weighted by Crippen LogP contribution is -2.26. The highest BCUT2D eigenvalue weighted by atomic mass is 79.9. The number of thioether (sulfide) groups is 1. The Balaban J connectivity index is 0.00000338. The van der Waals surface area contributed by atoms with Gasteiger partial charge in [-0.1, -0.05) is 66.4 Å². The topological polar surface area (TPSA) is 79.0 Å². The molecule has 0 aliphatic carbocycles. The van der Waals surface area contributed by atoms with E-state index in [1.807, 2.05) is 30.3 Å². The van der Waals surface area contributed by atoms with Crippen LogP contribution in [-0.2, 0) is 23.4 Å². The van der Waals surface area contributed by atoms with E-state index in [1.54, 1.807) is 0 Å². The first-order valence-corrected chi connectivity index (χ1v) is 9.48.